The fraction of sp³-hybridized carbons (Fsp3) is 0.240. The molecule has 6 nitrogen and oxygen atoms in total. The molecule has 8 heteroatoms. The number of aliphatic hydroxyl groups excluding tert-OH is 1. The van der Waals surface area contributed by atoms with Crippen LogP contribution in [0.25, 0.3) is 11.1 Å². The van der Waals surface area contributed by atoms with E-state index in [1.165, 1.54) is 22.5 Å². The third kappa shape index (κ3) is 3.59. The minimum atomic E-state index is -4.09. The first kappa shape index (κ1) is 21.6. The number of anilines is 1. The van der Waals surface area contributed by atoms with E-state index in [-0.39, 0.29) is 30.0 Å². The van der Waals surface area contributed by atoms with E-state index in [2.05, 4.69) is 11.4 Å². The summed E-state index contributed by atoms with van der Waals surface area (Å²) in [6.07, 6.45) is 0.553. The average Bonchev–Trinajstić information content (AvgIpc) is 3.30. The van der Waals surface area contributed by atoms with Crippen LogP contribution in [0.1, 0.15) is 23.6 Å². The van der Waals surface area contributed by atoms with Gasteiger partial charge in [-0.2, -0.15) is 9.57 Å². The molecule has 33 heavy (non-hydrogen) atoms. The lowest BCUT2D eigenvalue weighted by Crippen LogP contribution is -2.43. The zero-order valence-corrected chi connectivity index (χ0v) is 18.5. The van der Waals surface area contributed by atoms with Gasteiger partial charge in [-0.05, 0) is 59.5 Å². The summed E-state index contributed by atoms with van der Waals surface area (Å²) in [6.45, 7) is 0.107. The van der Waals surface area contributed by atoms with Crippen LogP contribution in [0.15, 0.2) is 71.6 Å². The molecular formula is C25H22FN3O3S. The van der Waals surface area contributed by atoms with Crippen LogP contribution in [0.3, 0.4) is 0 Å². The van der Waals surface area contributed by atoms with Gasteiger partial charge < -0.3 is 10.4 Å². The first-order valence-corrected chi connectivity index (χ1v) is 12.2. The highest BCUT2D eigenvalue weighted by Crippen LogP contribution is 2.49. The molecule has 0 bridgehead atoms. The van der Waals surface area contributed by atoms with Crippen molar-refractivity contribution in [2.75, 3.05) is 18.5 Å². The number of rotatable bonds is 4. The molecule has 5 rings (SSSR count). The minimum absolute atomic E-state index is 0.133. The Hall–Kier alpha value is -3.25. The number of halogens is 1. The fourth-order valence-corrected chi connectivity index (χ4v) is 6.72. The molecule has 2 heterocycles. The number of hydrogen-bond donors (Lipinski definition) is 2. The Labute approximate surface area is 192 Å². The lowest BCUT2D eigenvalue weighted by molar-refractivity contribution is 0.210. The molecule has 3 aromatic carbocycles. The zero-order chi connectivity index (χ0) is 23.2. The SMILES string of the molecule is N#Cc1ccc(-c2ccc3c(c2)[C@H]2[C@H](CCN2S(=O)(=O)c2ccccc2F)[C@H](CO)N3)cc1. The molecule has 0 spiro atoms. The van der Waals surface area contributed by atoms with E-state index in [1.807, 2.05) is 30.3 Å². The second kappa shape index (κ2) is 8.27. The van der Waals surface area contributed by atoms with Gasteiger partial charge in [-0.15, -0.1) is 0 Å². The summed E-state index contributed by atoms with van der Waals surface area (Å²) >= 11 is 0. The summed E-state index contributed by atoms with van der Waals surface area (Å²) in [7, 11) is -4.09. The smallest absolute Gasteiger partial charge is 0.246 e. The summed E-state index contributed by atoms with van der Waals surface area (Å²) in [5.74, 6) is -0.930. The molecule has 1 fully saturated rings. The number of fused-ring (bicyclic) bond motifs is 3. The normalized spacial score (nSPS) is 22.2. The highest BCUT2D eigenvalue weighted by atomic mass is 32.2. The highest BCUT2D eigenvalue weighted by Gasteiger charge is 2.49. The molecule has 168 valence electrons. The molecule has 3 aromatic rings. The van der Waals surface area contributed by atoms with Gasteiger partial charge in [0, 0.05) is 18.2 Å². The summed E-state index contributed by atoms with van der Waals surface area (Å²) in [4.78, 5) is -0.338. The molecule has 2 N–H and O–H groups in total. The molecule has 0 amide bonds. The van der Waals surface area contributed by atoms with Gasteiger partial charge in [0.2, 0.25) is 10.0 Å². The van der Waals surface area contributed by atoms with E-state index in [1.54, 1.807) is 12.1 Å². The summed E-state index contributed by atoms with van der Waals surface area (Å²) in [6, 6.07) is 19.6. The van der Waals surface area contributed by atoms with Crippen molar-refractivity contribution >= 4 is 15.7 Å². The predicted molar refractivity (Wildman–Crippen MR) is 122 cm³/mol. The molecule has 1 saturated heterocycles. The van der Waals surface area contributed by atoms with E-state index < -0.39 is 21.9 Å². The van der Waals surface area contributed by atoms with E-state index in [4.69, 9.17) is 5.26 Å². The van der Waals surface area contributed by atoms with E-state index >= 15 is 0 Å². The van der Waals surface area contributed by atoms with Crippen LogP contribution < -0.4 is 5.32 Å². The van der Waals surface area contributed by atoms with Crippen molar-refractivity contribution in [1.29, 1.82) is 5.26 Å². The number of nitriles is 1. The number of aliphatic hydroxyl groups is 1. The maximum absolute atomic E-state index is 14.5. The van der Waals surface area contributed by atoms with Crippen LogP contribution in [-0.2, 0) is 10.0 Å². The summed E-state index contributed by atoms with van der Waals surface area (Å²) in [5.41, 5.74) is 3.89. The predicted octanol–water partition coefficient (Wildman–Crippen LogP) is 3.90. The number of nitrogens with zero attached hydrogens (tertiary/aromatic N) is 2. The van der Waals surface area contributed by atoms with Crippen LogP contribution in [0.4, 0.5) is 10.1 Å². The second-order valence-electron chi connectivity index (χ2n) is 8.37. The van der Waals surface area contributed by atoms with Gasteiger partial charge in [0.1, 0.15) is 10.7 Å². The number of hydrogen-bond acceptors (Lipinski definition) is 5. The standard InChI is InChI=1S/C25H22FN3O3S/c26-21-3-1-2-4-24(21)33(31,32)29-12-11-19-23(15-30)28-22-10-9-18(13-20(22)25(19)29)17-7-5-16(14-27)6-8-17/h1-10,13,19,23,25,28,30H,11-12,15H2/t19-,23+,25-/m1/s1. The molecule has 0 radical (unpaired) electrons. The maximum Gasteiger partial charge on any atom is 0.246 e. The minimum Gasteiger partial charge on any atom is -0.394 e. The van der Waals surface area contributed by atoms with Crippen molar-refractivity contribution in [3.63, 3.8) is 0 Å². The Balaban J connectivity index is 1.61. The number of benzene rings is 3. The largest absolute Gasteiger partial charge is 0.394 e. The van der Waals surface area contributed by atoms with E-state index in [9.17, 15) is 17.9 Å². The van der Waals surface area contributed by atoms with Crippen molar-refractivity contribution in [3.8, 4) is 17.2 Å². The molecule has 2 aliphatic heterocycles. The van der Waals surface area contributed by atoms with Gasteiger partial charge in [0.15, 0.2) is 0 Å². The van der Waals surface area contributed by atoms with Crippen LogP contribution >= 0.6 is 0 Å². The molecule has 2 aliphatic rings. The van der Waals surface area contributed by atoms with Crippen molar-refractivity contribution in [1.82, 2.24) is 4.31 Å². The highest BCUT2D eigenvalue weighted by molar-refractivity contribution is 7.89. The van der Waals surface area contributed by atoms with E-state index in [0.717, 1.165) is 28.4 Å². The second-order valence-corrected chi connectivity index (χ2v) is 10.2. The van der Waals surface area contributed by atoms with E-state index in [0.29, 0.717) is 12.0 Å². The Morgan fingerprint density at radius 1 is 1.09 bits per heavy atom. The quantitative estimate of drug-likeness (QED) is 0.612. The molecular weight excluding hydrogens is 441 g/mol. The first-order valence-electron chi connectivity index (χ1n) is 10.7. The van der Waals surface area contributed by atoms with Gasteiger partial charge >= 0.3 is 0 Å². The molecule has 0 saturated carbocycles. The molecule has 0 unspecified atom stereocenters. The van der Waals surface area contributed by atoms with Gasteiger partial charge in [-0.3, -0.25) is 0 Å². The molecule has 0 aliphatic carbocycles. The van der Waals surface area contributed by atoms with Crippen molar-refractivity contribution < 1.29 is 17.9 Å². The Morgan fingerprint density at radius 3 is 2.52 bits per heavy atom. The van der Waals surface area contributed by atoms with Gasteiger partial charge in [0.05, 0.1) is 30.3 Å². The van der Waals surface area contributed by atoms with Crippen molar-refractivity contribution in [2.24, 2.45) is 5.92 Å². The van der Waals surface area contributed by atoms with Gasteiger partial charge in [-0.1, -0.05) is 30.3 Å². The summed E-state index contributed by atoms with van der Waals surface area (Å²) in [5, 5.41) is 22.4. The summed E-state index contributed by atoms with van der Waals surface area (Å²) < 4.78 is 42.9. The Bertz CT molecular complexity index is 1350. The zero-order valence-electron chi connectivity index (χ0n) is 17.6. The van der Waals surface area contributed by atoms with Gasteiger partial charge in [-0.25, -0.2) is 12.8 Å². The lowest BCUT2D eigenvalue weighted by atomic mass is 9.82. The molecule has 3 atom stereocenters. The van der Waals surface area contributed by atoms with Crippen molar-refractivity contribution in [2.45, 2.75) is 23.4 Å². The van der Waals surface area contributed by atoms with Gasteiger partial charge in [0.25, 0.3) is 0 Å². The number of nitrogens with one attached hydrogen (secondary N) is 1. The van der Waals surface area contributed by atoms with Crippen LogP contribution in [-0.4, -0.2) is 37.0 Å². The third-order valence-electron chi connectivity index (χ3n) is 6.59. The average molecular weight is 464 g/mol. The maximum atomic E-state index is 14.5. The van der Waals surface area contributed by atoms with Crippen LogP contribution in [0.2, 0.25) is 0 Å². The number of sulfonamides is 1. The topological polar surface area (TPSA) is 93.4 Å². The molecule has 0 aromatic heterocycles. The first-order chi connectivity index (χ1) is 15.9. The lowest BCUT2D eigenvalue weighted by Gasteiger charge is -2.39. The Kier molecular flexibility index (Phi) is 5.41. The van der Waals surface area contributed by atoms with Crippen molar-refractivity contribution in [3.05, 3.63) is 83.7 Å². The van der Waals surface area contributed by atoms with Crippen LogP contribution in [0.5, 0.6) is 0 Å². The van der Waals surface area contributed by atoms with Crippen LogP contribution in [0, 0.1) is 23.1 Å². The third-order valence-corrected chi connectivity index (χ3v) is 8.51. The Morgan fingerprint density at radius 2 is 1.82 bits per heavy atom. The fourth-order valence-electron chi connectivity index (χ4n) is 4.99. The monoisotopic (exact) mass is 463 g/mol.